The number of aromatic nitrogens is 1. The minimum absolute atomic E-state index is 0. The van der Waals surface area contributed by atoms with Crippen LogP contribution in [0.2, 0.25) is 0 Å². The van der Waals surface area contributed by atoms with E-state index in [0.717, 1.165) is 50.5 Å². The third-order valence-corrected chi connectivity index (χ3v) is 5.82. The lowest BCUT2D eigenvalue weighted by Crippen LogP contribution is -2.52. The van der Waals surface area contributed by atoms with Crippen LogP contribution in [0.4, 0.5) is 4.79 Å². The Morgan fingerprint density at radius 1 is 1.27 bits per heavy atom. The first-order valence-electron chi connectivity index (χ1n) is 11.9. The van der Waals surface area contributed by atoms with Crippen LogP contribution in [0.1, 0.15) is 65.0 Å². The van der Waals surface area contributed by atoms with Gasteiger partial charge in [0.25, 0.3) is 0 Å². The van der Waals surface area contributed by atoms with Crippen molar-refractivity contribution in [1.29, 1.82) is 0 Å². The number of amides is 1. The fourth-order valence-corrected chi connectivity index (χ4v) is 3.95. The van der Waals surface area contributed by atoms with E-state index >= 15 is 0 Å². The number of pyridine rings is 1. The van der Waals surface area contributed by atoms with E-state index in [4.69, 9.17) is 4.74 Å². The van der Waals surface area contributed by atoms with E-state index in [0.29, 0.717) is 5.92 Å². The summed E-state index contributed by atoms with van der Waals surface area (Å²) in [5.74, 6) is 1.43. The number of carbonyl (C=O) groups is 1. The Balaban J connectivity index is 0.00000385. The molecule has 3 rings (SSSR count). The number of nitrogens with zero attached hydrogens (tertiary/aromatic N) is 4. The third kappa shape index (κ3) is 8.92. The van der Waals surface area contributed by atoms with E-state index in [1.807, 2.05) is 44.7 Å². The second-order valence-electron chi connectivity index (χ2n) is 9.79. The molecule has 33 heavy (non-hydrogen) atoms. The summed E-state index contributed by atoms with van der Waals surface area (Å²) in [7, 11) is 0. The van der Waals surface area contributed by atoms with Crippen LogP contribution in [0, 0.1) is 5.92 Å². The Labute approximate surface area is 215 Å². The predicted octanol–water partition coefficient (Wildman–Crippen LogP) is 3.81. The van der Waals surface area contributed by atoms with E-state index < -0.39 is 11.7 Å². The normalized spacial score (nSPS) is 18.3. The van der Waals surface area contributed by atoms with Crippen LogP contribution in [0.3, 0.4) is 0 Å². The van der Waals surface area contributed by atoms with Crippen LogP contribution >= 0.6 is 24.0 Å². The molecule has 1 aromatic rings. The number of rotatable bonds is 7. The molecule has 1 amide bonds. The Hall–Kier alpha value is -1.62. The van der Waals surface area contributed by atoms with Gasteiger partial charge in [0.05, 0.1) is 12.6 Å². The highest BCUT2D eigenvalue weighted by Crippen LogP contribution is 2.32. The molecule has 0 aromatic carbocycles. The number of ether oxygens (including phenoxy) is 1. The number of aliphatic hydroxyl groups excluding tert-OH is 1. The lowest BCUT2D eigenvalue weighted by atomic mass is 10.0. The average molecular weight is 574 g/mol. The van der Waals surface area contributed by atoms with Gasteiger partial charge in [-0.15, -0.1) is 24.0 Å². The van der Waals surface area contributed by atoms with Gasteiger partial charge in [-0.1, -0.05) is 0 Å². The van der Waals surface area contributed by atoms with Crippen LogP contribution in [0.25, 0.3) is 0 Å². The van der Waals surface area contributed by atoms with E-state index in [1.165, 1.54) is 12.8 Å². The summed E-state index contributed by atoms with van der Waals surface area (Å²) < 4.78 is 5.71. The molecule has 186 valence electrons. The first kappa shape index (κ1) is 27.6. The van der Waals surface area contributed by atoms with Crippen LogP contribution in [0.15, 0.2) is 29.5 Å². The van der Waals surface area contributed by atoms with Gasteiger partial charge in [0.15, 0.2) is 5.96 Å². The third-order valence-electron chi connectivity index (χ3n) is 5.82. The topological polar surface area (TPSA) is 90.3 Å². The molecule has 2 N–H and O–H groups in total. The van der Waals surface area contributed by atoms with Crippen LogP contribution in [-0.4, -0.2) is 76.3 Å². The molecular weight excluding hydrogens is 533 g/mol. The standard InChI is InChI=1S/C24H39N5O3.HI/c1-5-26-22(27-16-21(30)19-8-12-25-13-9-19)28-14-10-20(11-15-28)29(17-18-6-7-18)23(31)32-24(2,3)4;/h8-9,12-13,18,20-21,30H,5-7,10-11,14-17H2,1-4H3,(H,26,27);1H. The molecule has 1 saturated heterocycles. The number of carbonyl (C=O) groups excluding carboxylic acids is 1. The molecule has 9 heteroatoms. The molecule has 0 radical (unpaired) electrons. The highest BCUT2D eigenvalue weighted by atomic mass is 127. The Bertz CT molecular complexity index is 759. The number of likely N-dealkylation sites (tertiary alicyclic amines) is 1. The largest absolute Gasteiger partial charge is 0.444 e. The van der Waals surface area contributed by atoms with Gasteiger partial charge < -0.3 is 25.0 Å². The molecule has 0 spiro atoms. The molecule has 0 bridgehead atoms. The van der Waals surface area contributed by atoms with Gasteiger partial charge in [-0.25, -0.2) is 4.79 Å². The molecule has 8 nitrogen and oxygen atoms in total. The van der Waals surface area contributed by atoms with Crippen LogP contribution < -0.4 is 5.32 Å². The number of aliphatic imine (C=N–C) groups is 1. The van der Waals surface area contributed by atoms with Crippen LogP contribution in [-0.2, 0) is 4.74 Å². The minimum Gasteiger partial charge on any atom is -0.444 e. The fraction of sp³-hybridized carbons (Fsp3) is 0.708. The summed E-state index contributed by atoms with van der Waals surface area (Å²) in [4.78, 5) is 25.7. The molecule has 1 aliphatic heterocycles. The van der Waals surface area contributed by atoms with Gasteiger partial charge >= 0.3 is 6.09 Å². The second-order valence-corrected chi connectivity index (χ2v) is 9.79. The maximum atomic E-state index is 12.9. The summed E-state index contributed by atoms with van der Waals surface area (Å²) in [6, 6.07) is 3.81. The Morgan fingerprint density at radius 3 is 2.45 bits per heavy atom. The second kappa shape index (κ2) is 12.7. The maximum absolute atomic E-state index is 12.9. The van der Waals surface area contributed by atoms with Crippen molar-refractivity contribution in [3.8, 4) is 0 Å². The zero-order chi connectivity index (χ0) is 23.1. The zero-order valence-corrected chi connectivity index (χ0v) is 22.7. The summed E-state index contributed by atoms with van der Waals surface area (Å²) in [5.41, 5.74) is 0.325. The van der Waals surface area contributed by atoms with Crippen molar-refractivity contribution in [3.05, 3.63) is 30.1 Å². The van der Waals surface area contributed by atoms with E-state index in [-0.39, 0.29) is 42.7 Å². The van der Waals surface area contributed by atoms with Gasteiger partial charge in [0.2, 0.25) is 0 Å². The lowest BCUT2D eigenvalue weighted by Gasteiger charge is -2.40. The van der Waals surface area contributed by atoms with Gasteiger partial charge in [-0.2, -0.15) is 0 Å². The maximum Gasteiger partial charge on any atom is 0.410 e. The van der Waals surface area contributed by atoms with Crippen molar-refractivity contribution in [2.75, 3.05) is 32.7 Å². The number of piperidine rings is 1. The van der Waals surface area contributed by atoms with Gasteiger partial charge in [-0.3, -0.25) is 9.98 Å². The van der Waals surface area contributed by atoms with Gasteiger partial charge in [-0.05, 0) is 77.0 Å². The first-order chi connectivity index (χ1) is 15.3. The van der Waals surface area contributed by atoms with Crippen molar-refractivity contribution >= 4 is 36.0 Å². The first-order valence-corrected chi connectivity index (χ1v) is 11.9. The average Bonchev–Trinajstić information content (AvgIpc) is 3.58. The monoisotopic (exact) mass is 573 g/mol. The van der Waals surface area contributed by atoms with E-state index in [1.54, 1.807) is 12.4 Å². The number of nitrogens with one attached hydrogen (secondary N) is 1. The van der Waals surface area contributed by atoms with Crippen molar-refractivity contribution < 1.29 is 14.6 Å². The molecule has 1 saturated carbocycles. The minimum atomic E-state index is -0.662. The number of hydrogen-bond acceptors (Lipinski definition) is 5. The number of aliphatic hydroxyl groups is 1. The SMILES string of the molecule is CCNC(=NCC(O)c1ccncc1)N1CCC(N(CC2CC2)C(=O)OC(C)(C)C)CC1.I. The summed E-state index contributed by atoms with van der Waals surface area (Å²) in [6.45, 7) is 11.3. The lowest BCUT2D eigenvalue weighted by molar-refractivity contribution is 0.00927. The molecule has 1 aromatic heterocycles. The summed E-state index contributed by atoms with van der Waals surface area (Å²) >= 11 is 0. The van der Waals surface area contributed by atoms with Crippen molar-refractivity contribution in [1.82, 2.24) is 20.1 Å². The van der Waals surface area contributed by atoms with Crippen molar-refractivity contribution in [3.63, 3.8) is 0 Å². The highest BCUT2D eigenvalue weighted by molar-refractivity contribution is 14.0. The number of guanidine groups is 1. The van der Waals surface area contributed by atoms with Crippen LogP contribution in [0.5, 0.6) is 0 Å². The Kier molecular flexibility index (Phi) is 10.7. The number of hydrogen-bond donors (Lipinski definition) is 2. The number of halogens is 1. The van der Waals surface area contributed by atoms with Gasteiger partial charge in [0.1, 0.15) is 5.60 Å². The Morgan fingerprint density at radius 2 is 1.91 bits per heavy atom. The van der Waals surface area contributed by atoms with E-state index in [2.05, 4.69) is 20.2 Å². The predicted molar refractivity (Wildman–Crippen MR) is 141 cm³/mol. The van der Waals surface area contributed by atoms with Crippen molar-refractivity contribution in [2.45, 2.75) is 71.1 Å². The molecule has 2 fully saturated rings. The summed E-state index contributed by atoms with van der Waals surface area (Å²) in [5, 5.41) is 13.8. The van der Waals surface area contributed by atoms with E-state index in [9.17, 15) is 9.90 Å². The highest BCUT2D eigenvalue weighted by Gasteiger charge is 2.35. The molecule has 1 unspecified atom stereocenters. The molecule has 1 atom stereocenters. The molecule has 2 heterocycles. The molecular formula is C24H40IN5O3. The van der Waals surface area contributed by atoms with Crippen molar-refractivity contribution in [2.24, 2.45) is 10.9 Å². The van der Waals surface area contributed by atoms with Gasteiger partial charge in [0, 0.05) is 44.6 Å². The quantitative estimate of drug-likeness (QED) is 0.293. The molecule has 1 aliphatic carbocycles. The fourth-order valence-electron chi connectivity index (χ4n) is 3.95. The molecule has 2 aliphatic rings. The smallest absolute Gasteiger partial charge is 0.410 e. The summed E-state index contributed by atoms with van der Waals surface area (Å²) in [6.07, 6.45) is 6.66. The zero-order valence-electron chi connectivity index (χ0n) is 20.4.